The number of nitrogens with one attached hydrogen (secondary N) is 1. The largest absolute Gasteiger partial charge is 0.375 e. The number of fused-ring (bicyclic) bond motifs is 1. The number of hydrogen-bond acceptors (Lipinski definition) is 4. The van der Waals surface area contributed by atoms with E-state index in [1.807, 2.05) is 0 Å². The van der Waals surface area contributed by atoms with E-state index in [1.165, 1.54) is 20.0 Å². The Morgan fingerprint density at radius 3 is 2.95 bits per heavy atom. The molecule has 1 aromatic rings. The number of nitrogens with zero attached hydrogens (tertiary/aromatic N) is 3. The molecule has 1 aromatic heterocycles. The van der Waals surface area contributed by atoms with Gasteiger partial charge in [-0.1, -0.05) is 0 Å². The third-order valence-electron chi connectivity index (χ3n) is 3.86. The molecule has 0 aromatic carbocycles. The molecule has 0 radical (unpaired) electrons. The number of carbonyl (C=O) groups is 1. The van der Waals surface area contributed by atoms with Crippen molar-refractivity contribution in [3.8, 4) is 0 Å². The molecule has 1 saturated carbocycles. The van der Waals surface area contributed by atoms with Gasteiger partial charge in [0.1, 0.15) is 18.3 Å². The lowest BCUT2D eigenvalue weighted by atomic mass is 10.1. The number of aromatic nitrogens is 3. The standard InChI is InChI=1S/C13H20N4O2/c1-19-8-12(18)14-10-4-5-11-15-16-13(9-2-3-9)17(11)7-6-10/h9-10H,2-8H2,1H3,(H,14,18). The fourth-order valence-electron chi connectivity index (χ4n) is 2.70. The van der Waals surface area contributed by atoms with Crippen LogP contribution in [0.5, 0.6) is 0 Å². The Morgan fingerprint density at radius 1 is 1.37 bits per heavy atom. The van der Waals surface area contributed by atoms with Crippen LogP contribution in [-0.2, 0) is 22.5 Å². The number of aryl methyl sites for hydroxylation is 1. The normalized spacial score (nSPS) is 22.7. The summed E-state index contributed by atoms with van der Waals surface area (Å²) in [7, 11) is 1.54. The van der Waals surface area contributed by atoms with Crippen LogP contribution in [0.2, 0.25) is 0 Å². The van der Waals surface area contributed by atoms with Crippen LogP contribution in [0.3, 0.4) is 0 Å². The molecule has 0 bridgehead atoms. The summed E-state index contributed by atoms with van der Waals surface area (Å²) in [4.78, 5) is 11.5. The first kappa shape index (κ1) is 12.6. The fraction of sp³-hybridized carbons (Fsp3) is 0.769. The highest BCUT2D eigenvalue weighted by molar-refractivity contribution is 5.77. The third kappa shape index (κ3) is 2.78. The molecule has 1 N–H and O–H groups in total. The summed E-state index contributed by atoms with van der Waals surface area (Å²) in [6.07, 6.45) is 5.24. The van der Waals surface area contributed by atoms with Crippen molar-refractivity contribution in [2.45, 2.75) is 50.6 Å². The first-order valence-electron chi connectivity index (χ1n) is 6.98. The molecule has 19 heavy (non-hydrogen) atoms. The minimum absolute atomic E-state index is 0.0346. The zero-order chi connectivity index (χ0) is 13.2. The molecule has 2 heterocycles. The Kier molecular flexibility index (Phi) is 3.50. The predicted octanol–water partition coefficient (Wildman–Crippen LogP) is 0.623. The van der Waals surface area contributed by atoms with Crippen molar-refractivity contribution in [1.82, 2.24) is 20.1 Å². The van der Waals surface area contributed by atoms with E-state index in [0.717, 1.165) is 37.5 Å². The Bertz CT molecular complexity index is 467. The molecule has 2 aliphatic rings. The molecule has 1 amide bonds. The molecule has 1 atom stereocenters. The third-order valence-corrected chi connectivity index (χ3v) is 3.86. The van der Waals surface area contributed by atoms with E-state index in [-0.39, 0.29) is 18.6 Å². The summed E-state index contributed by atoms with van der Waals surface area (Å²) in [5, 5.41) is 11.6. The molecule has 6 heteroatoms. The van der Waals surface area contributed by atoms with Gasteiger partial charge in [0, 0.05) is 32.0 Å². The minimum Gasteiger partial charge on any atom is -0.375 e. The van der Waals surface area contributed by atoms with Crippen molar-refractivity contribution in [2.75, 3.05) is 13.7 Å². The van der Waals surface area contributed by atoms with Crippen LogP contribution in [-0.4, -0.2) is 40.4 Å². The lowest BCUT2D eigenvalue weighted by Crippen LogP contribution is -2.37. The molecular weight excluding hydrogens is 244 g/mol. The maximum absolute atomic E-state index is 11.5. The van der Waals surface area contributed by atoms with Crippen LogP contribution in [0.25, 0.3) is 0 Å². The minimum atomic E-state index is -0.0346. The number of ether oxygens (including phenoxy) is 1. The van der Waals surface area contributed by atoms with Crippen LogP contribution < -0.4 is 5.32 Å². The van der Waals surface area contributed by atoms with Gasteiger partial charge in [0.25, 0.3) is 0 Å². The second-order valence-corrected chi connectivity index (χ2v) is 5.43. The van der Waals surface area contributed by atoms with Crippen molar-refractivity contribution < 1.29 is 9.53 Å². The Labute approximate surface area is 112 Å². The zero-order valence-corrected chi connectivity index (χ0v) is 11.3. The number of hydrogen-bond donors (Lipinski definition) is 1. The van der Waals surface area contributed by atoms with Crippen molar-refractivity contribution in [3.63, 3.8) is 0 Å². The van der Waals surface area contributed by atoms with Gasteiger partial charge in [-0.05, 0) is 25.7 Å². The smallest absolute Gasteiger partial charge is 0.246 e. The Hall–Kier alpha value is -1.43. The van der Waals surface area contributed by atoms with E-state index in [4.69, 9.17) is 4.74 Å². The monoisotopic (exact) mass is 264 g/mol. The summed E-state index contributed by atoms with van der Waals surface area (Å²) >= 11 is 0. The zero-order valence-electron chi connectivity index (χ0n) is 11.3. The van der Waals surface area contributed by atoms with Gasteiger partial charge in [0.15, 0.2) is 0 Å². The summed E-state index contributed by atoms with van der Waals surface area (Å²) < 4.78 is 7.11. The molecule has 0 spiro atoms. The maximum atomic E-state index is 11.5. The van der Waals surface area contributed by atoms with Crippen molar-refractivity contribution in [2.24, 2.45) is 0 Å². The highest BCUT2D eigenvalue weighted by Crippen LogP contribution is 2.39. The van der Waals surface area contributed by atoms with Gasteiger partial charge in [-0.3, -0.25) is 4.79 Å². The molecule has 6 nitrogen and oxygen atoms in total. The van der Waals surface area contributed by atoms with E-state index >= 15 is 0 Å². The number of amides is 1. The molecule has 3 rings (SSSR count). The van der Waals surface area contributed by atoms with E-state index < -0.39 is 0 Å². The van der Waals surface area contributed by atoms with Gasteiger partial charge >= 0.3 is 0 Å². The van der Waals surface area contributed by atoms with Gasteiger partial charge < -0.3 is 14.6 Å². The summed E-state index contributed by atoms with van der Waals surface area (Å²) in [6.45, 7) is 1.04. The quantitative estimate of drug-likeness (QED) is 0.865. The molecule has 1 aliphatic carbocycles. The van der Waals surface area contributed by atoms with E-state index in [0.29, 0.717) is 5.92 Å². The molecular formula is C13H20N4O2. The summed E-state index contributed by atoms with van der Waals surface area (Å²) in [6, 6.07) is 0.219. The molecule has 0 saturated heterocycles. The first-order chi connectivity index (χ1) is 9.28. The van der Waals surface area contributed by atoms with Crippen LogP contribution in [0, 0.1) is 0 Å². The number of rotatable bonds is 4. The molecule has 1 aliphatic heterocycles. The number of carbonyl (C=O) groups excluding carboxylic acids is 1. The Morgan fingerprint density at radius 2 is 2.21 bits per heavy atom. The fourth-order valence-corrected chi connectivity index (χ4v) is 2.70. The van der Waals surface area contributed by atoms with E-state index in [9.17, 15) is 4.79 Å². The van der Waals surface area contributed by atoms with Crippen molar-refractivity contribution in [3.05, 3.63) is 11.6 Å². The molecule has 104 valence electrons. The van der Waals surface area contributed by atoms with Crippen LogP contribution in [0.15, 0.2) is 0 Å². The second-order valence-electron chi connectivity index (χ2n) is 5.43. The van der Waals surface area contributed by atoms with Gasteiger partial charge in [-0.25, -0.2) is 0 Å². The summed E-state index contributed by atoms with van der Waals surface area (Å²) in [5.41, 5.74) is 0. The average molecular weight is 264 g/mol. The topological polar surface area (TPSA) is 69.0 Å². The van der Waals surface area contributed by atoms with Gasteiger partial charge in [-0.2, -0.15) is 0 Å². The predicted molar refractivity (Wildman–Crippen MR) is 68.7 cm³/mol. The number of methoxy groups -OCH3 is 1. The van der Waals surface area contributed by atoms with E-state index in [1.54, 1.807) is 0 Å². The highest BCUT2D eigenvalue weighted by atomic mass is 16.5. The van der Waals surface area contributed by atoms with Gasteiger partial charge in [0.05, 0.1) is 0 Å². The highest BCUT2D eigenvalue weighted by Gasteiger charge is 2.31. The van der Waals surface area contributed by atoms with Gasteiger partial charge in [-0.15, -0.1) is 10.2 Å². The average Bonchev–Trinajstić information content (AvgIpc) is 3.17. The lowest BCUT2D eigenvalue weighted by molar-refractivity contribution is -0.125. The lowest BCUT2D eigenvalue weighted by Gasteiger charge is -2.15. The maximum Gasteiger partial charge on any atom is 0.246 e. The van der Waals surface area contributed by atoms with Crippen LogP contribution >= 0.6 is 0 Å². The second kappa shape index (κ2) is 5.28. The van der Waals surface area contributed by atoms with Crippen molar-refractivity contribution in [1.29, 1.82) is 0 Å². The first-order valence-corrected chi connectivity index (χ1v) is 6.98. The SMILES string of the molecule is COCC(=O)NC1CCc2nnc(C3CC3)n2CC1. The van der Waals surface area contributed by atoms with Gasteiger partial charge in [0.2, 0.25) is 5.91 Å². The van der Waals surface area contributed by atoms with Crippen LogP contribution in [0.4, 0.5) is 0 Å². The Balaban J connectivity index is 1.63. The molecule has 1 fully saturated rings. The summed E-state index contributed by atoms with van der Waals surface area (Å²) in [5.74, 6) is 2.82. The van der Waals surface area contributed by atoms with Crippen molar-refractivity contribution >= 4 is 5.91 Å². The molecule has 1 unspecified atom stereocenters. The van der Waals surface area contributed by atoms with E-state index in [2.05, 4.69) is 20.1 Å². The van der Waals surface area contributed by atoms with Crippen LogP contribution in [0.1, 0.15) is 43.3 Å².